The van der Waals surface area contributed by atoms with Gasteiger partial charge in [-0.05, 0) is 98.2 Å². The molecule has 1 heterocycles. The molecule has 232 valence electrons. The smallest absolute Gasteiger partial charge is 0.254 e. The molecule has 1 aliphatic rings. The standard InChI is InChI=1S/C28H39N3O3.C7H6F2/c1-20(2)23-9-5-8-22(16-23)18-29-11-7-12-30-27(32)24-14-21(3)15-25(17-24)28(33)31-13-6-10-26(31)19-34-4;1-5-2-6(8)4-7(9)3-5/h5,8-9,14-17,20,26,29H,6-7,10-13,18-19H2,1-4H3,(H,30,32);2-4H,1H3. The number of hydrogen-bond acceptors (Lipinski definition) is 4. The highest BCUT2D eigenvalue weighted by molar-refractivity contribution is 6.00. The first kappa shape index (κ1) is 33.9. The maximum atomic E-state index is 13.1. The van der Waals surface area contributed by atoms with Gasteiger partial charge >= 0.3 is 0 Å². The normalized spacial score (nSPS) is 14.4. The molecule has 43 heavy (non-hydrogen) atoms. The molecule has 0 radical (unpaired) electrons. The molecule has 1 fully saturated rings. The van der Waals surface area contributed by atoms with Crippen molar-refractivity contribution in [3.05, 3.63) is 106 Å². The van der Waals surface area contributed by atoms with Gasteiger partial charge in [0.15, 0.2) is 0 Å². The van der Waals surface area contributed by atoms with Gasteiger partial charge in [0.2, 0.25) is 0 Å². The van der Waals surface area contributed by atoms with Crippen molar-refractivity contribution in [1.29, 1.82) is 0 Å². The van der Waals surface area contributed by atoms with Gasteiger partial charge in [-0.25, -0.2) is 8.78 Å². The largest absolute Gasteiger partial charge is 0.383 e. The highest BCUT2D eigenvalue weighted by Gasteiger charge is 2.29. The molecule has 3 aromatic carbocycles. The fourth-order valence-corrected chi connectivity index (χ4v) is 5.18. The second-order valence-corrected chi connectivity index (χ2v) is 11.5. The number of methoxy groups -OCH3 is 1. The molecule has 2 amide bonds. The number of likely N-dealkylation sites (tertiary alicyclic amines) is 1. The number of rotatable bonds is 11. The van der Waals surface area contributed by atoms with Gasteiger partial charge in [-0.3, -0.25) is 9.59 Å². The van der Waals surface area contributed by atoms with Gasteiger partial charge in [0, 0.05) is 43.9 Å². The molecule has 8 heteroatoms. The first-order chi connectivity index (χ1) is 20.6. The number of halogens is 2. The Morgan fingerprint density at radius 1 is 0.953 bits per heavy atom. The summed E-state index contributed by atoms with van der Waals surface area (Å²) in [5.41, 5.74) is 5.23. The van der Waals surface area contributed by atoms with E-state index in [0.29, 0.717) is 35.8 Å². The number of amides is 2. The lowest BCUT2D eigenvalue weighted by Crippen LogP contribution is -2.38. The number of nitrogens with zero attached hydrogens (tertiary/aromatic N) is 1. The van der Waals surface area contributed by atoms with Crippen LogP contribution in [0.1, 0.15) is 82.0 Å². The molecule has 0 spiro atoms. The highest BCUT2D eigenvalue weighted by atomic mass is 19.1. The Hall–Kier alpha value is -3.62. The number of nitrogens with one attached hydrogen (secondary N) is 2. The maximum absolute atomic E-state index is 13.1. The summed E-state index contributed by atoms with van der Waals surface area (Å²) in [6.07, 6.45) is 2.77. The van der Waals surface area contributed by atoms with Crippen molar-refractivity contribution < 1.29 is 23.1 Å². The van der Waals surface area contributed by atoms with Crippen molar-refractivity contribution in [2.24, 2.45) is 0 Å². The van der Waals surface area contributed by atoms with Gasteiger partial charge in [-0.1, -0.05) is 38.1 Å². The number of carbonyl (C=O) groups is 2. The van der Waals surface area contributed by atoms with Crippen LogP contribution in [0.15, 0.2) is 60.7 Å². The van der Waals surface area contributed by atoms with Crippen molar-refractivity contribution in [3.63, 3.8) is 0 Å². The highest BCUT2D eigenvalue weighted by Crippen LogP contribution is 2.22. The third kappa shape index (κ3) is 10.9. The average molecular weight is 594 g/mol. The molecule has 2 N–H and O–H groups in total. The SMILES string of the molecule is COCC1CCCN1C(=O)c1cc(C)cc(C(=O)NCCCNCc2cccc(C(C)C)c2)c1.Cc1cc(F)cc(F)c1. The minimum atomic E-state index is -0.521. The lowest BCUT2D eigenvalue weighted by Gasteiger charge is -2.24. The van der Waals surface area contributed by atoms with E-state index in [1.54, 1.807) is 20.1 Å². The predicted molar refractivity (Wildman–Crippen MR) is 167 cm³/mol. The van der Waals surface area contributed by atoms with Gasteiger partial charge < -0.3 is 20.3 Å². The number of benzene rings is 3. The molecule has 3 aromatic rings. The molecule has 1 saturated heterocycles. The number of aryl methyl sites for hydroxylation is 2. The minimum Gasteiger partial charge on any atom is -0.383 e. The molecular formula is C35H45F2N3O3. The Kier molecular flexibility index (Phi) is 13.3. The van der Waals surface area contributed by atoms with Crippen molar-refractivity contribution in [2.75, 3.05) is 33.4 Å². The summed E-state index contributed by atoms with van der Waals surface area (Å²) in [5.74, 6) is -0.685. The molecule has 0 bridgehead atoms. The third-order valence-corrected chi connectivity index (χ3v) is 7.35. The minimum absolute atomic E-state index is 0.0250. The summed E-state index contributed by atoms with van der Waals surface area (Å²) in [6.45, 7) is 11.5. The second-order valence-electron chi connectivity index (χ2n) is 11.5. The Labute approximate surface area is 254 Å². The van der Waals surface area contributed by atoms with Crippen molar-refractivity contribution in [1.82, 2.24) is 15.5 Å². The molecule has 1 unspecified atom stereocenters. The fourth-order valence-electron chi connectivity index (χ4n) is 5.18. The predicted octanol–water partition coefficient (Wildman–Crippen LogP) is 6.55. The van der Waals surface area contributed by atoms with E-state index in [2.05, 4.69) is 48.7 Å². The van der Waals surface area contributed by atoms with Gasteiger partial charge in [0.05, 0.1) is 12.6 Å². The summed E-state index contributed by atoms with van der Waals surface area (Å²) in [7, 11) is 1.66. The van der Waals surface area contributed by atoms with E-state index in [1.807, 2.05) is 24.0 Å². The summed E-state index contributed by atoms with van der Waals surface area (Å²) in [6, 6.07) is 17.6. The van der Waals surface area contributed by atoms with Crippen molar-refractivity contribution >= 4 is 11.8 Å². The van der Waals surface area contributed by atoms with Crippen molar-refractivity contribution in [3.8, 4) is 0 Å². The van der Waals surface area contributed by atoms with Crippen LogP contribution in [0.4, 0.5) is 8.78 Å². The van der Waals surface area contributed by atoms with E-state index in [9.17, 15) is 18.4 Å². The molecule has 0 aliphatic carbocycles. The van der Waals surface area contributed by atoms with E-state index in [0.717, 1.165) is 50.5 Å². The van der Waals surface area contributed by atoms with Crippen LogP contribution in [0.3, 0.4) is 0 Å². The van der Waals surface area contributed by atoms with Gasteiger partial charge in [0.1, 0.15) is 11.6 Å². The van der Waals surface area contributed by atoms with Crippen LogP contribution < -0.4 is 10.6 Å². The van der Waals surface area contributed by atoms with E-state index in [1.165, 1.54) is 23.3 Å². The van der Waals surface area contributed by atoms with Gasteiger partial charge in [-0.15, -0.1) is 0 Å². The van der Waals surface area contributed by atoms with Gasteiger partial charge in [-0.2, -0.15) is 0 Å². The Bertz CT molecular complexity index is 1310. The third-order valence-electron chi connectivity index (χ3n) is 7.35. The van der Waals surface area contributed by atoms with E-state index >= 15 is 0 Å². The molecule has 1 aliphatic heterocycles. The van der Waals surface area contributed by atoms with Crippen LogP contribution in [0.5, 0.6) is 0 Å². The number of hydrogen-bond donors (Lipinski definition) is 2. The van der Waals surface area contributed by atoms with Crippen molar-refractivity contribution in [2.45, 2.75) is 65.5 Å². The molecule has 6 nitrogen and oxygen atoms in total. The average Bonchev–Trinajstić information content (AvgIpc) is 3.42. The van der Waals surface area contributed by atoms with Crippen LogP contribution >= 0.6 is 0 Å². The molecule has 1 atom stereocenters. The zero-order valence-electron chi connectivity index (χ0n) is 26.0. The Morgan fingerprint density at radius 2 is 1.65 bits per heavy atom. The van der Waals surface area contributed by atoms with E-state index in [4.69, 9.17) is 4.74 Å². The quantitative estimate of drug-likeness (QED) is 0.247. The van der Waals surface area contributed by atoms with Crippen LogP contribution in [0, 0.1) is 25.5 Å². The summed E-state index contributed by atoms with van der Waals surface area (Å²) < 4.78 is 29.7. The van der Waals surface area contributed by atoms with Gasteiger partial charge in [0.25, 0.3) is 11.8 Å². The zero-order chi connectivity index (χ0) is 31.4. The lowest BCUT2D eigenvalue weighted by molar-refractivity contribution is 0.0630. The maximum Gasteiger partial charge on any atom is 0.254 e. The van der Waals surface area contributed by atoms with E-state index < -0.39 is 11.6 Å². The topological polar surface area (TPSA) is 70.7 Å². The molecule has 0 aromatic heterocycles. The summed E-state index contributed by atoms with van der Waals surface area (Å²) >= 11 is 0. The molecule has 0 saturated carbocycles. The number of carbonyl (C=O) groups excluding carboxylic acids is 2. The fraction of sp³-hybridized carbons (Fsp3) is 0.429. The van der Waals surface area contributed by atoms with Crippen LogP contribution in [0.2, 0.25) is 0 Å². The van der Waals surface area contributed by atoms with Crippen LogP contribution in [-0.2, 0) is 11.3 Å². The summed E-state index contributed by atoms with van der Waals surface area (Å²) in [5, 5.41) is 6.44. The monoisotopic (exact) mass is 593 g/mol. The van der Waals surface area contributed by atoms with Crippen LogP contribution in [-0.4, -0.2) is 56.1 Å². The van der Waals surface area contributed by atoms with Crippen LogP contribution in [0.25, 0.3) is 0 Å². The first-order valence-corrected chi connectivity index (χ1v) is 15.0. The Balaban J connectivity index is 0.000000480. The first-order valence-electron chi connectivity index (χ1n) is 15.0. The molecule has 4 rings (SSSR count). The molecular weight excluding hydrogens is 548 g/mol. The van der Waals surface area contributed by atoms with E-state index in [-0.39, 0.29) is 17.9 Å². The zero-order valence-corrected chi connectivity index (χ0v) is 26.0. The number of ether oxygens (including phenoxy) is 1. The lowest BCUT2D eigenvalue weighted by atomic mass is 10.0. The second kappa shape index (κ2) is 16.9. The summed E-state index contributed by atoms with van der Waals surface area (Å²) in [4.78, 5) is 27.7. The Morgan fingerprint density at radius 3 is 2.33 bits per heavy atom.